The van der Waals surface area contributed by atoms with Gasteiger partial charge in [-0.1, -0.05) is 65.5 Å². The third kappa shape index (κ3) is 25.2. The van der Waals surface area contributed by atoms with E-state index >= 15 is 4.79 Å². The monoisotopic (exact) mass is 1290 g/mol. The lowest BCUT2D eigenvalue weighted by atomic mass is 9.96. The Balaban J connectivity index is 2.17. The van der Waals surface area contributed by atoms with Crippen molar-refractivity contribution in [3.63, 3.8) is 0 Å². The largest absolute Gasteiger partial charge is 0.481 e. The SMILES string of the molecule is CC(C)CCCCCC/C=C\CC(=O)N[C@@H](CC(N)=O)C(=O)N[C@@H]1C(=O)N2CCCC[C@@H]2C(=O)N[C@H]([C@H](C)C(=O)O)C(=O)N[C@@H](CC(=O)O)C(=O)NCC(=O)N[C@@H](CC(=O)O)C(=O)NCC(=O)N[C@H]([C@@H](C)N)C(=O)N[C@@H](C(C)C)C(=O)N2CCC[C@H]2C(=O)N[C@@H]1C. The second-order valence-electron chi connectivity index (χ2n) is 23.9. The van der Waals surface area contributed by atoms with E-state index in [-0.39, 0.29) is 51.6 Å². The molecule has 3 saturated heterocycles. The van der Waals surface area contributed by atoms with Gasteiger partial charge in [-0.25, -0.2) is 0 Å². The molecular formula is C58H92N14O19. The lowest BCUT2D eigenvalue weighted by molar-refractivity contribution is -0.149. The maximum Gasteiger partial charge on any atom is 0.308 e. The number of piperidine rings is 1. The quantitative estimate of drug-likeness (QED) is 0.0363. The molecule has 91 heavy (non-hydrogen) atoms. The fourth-order valence-electron chi connectivity index (χ4n) is 10.4. The smallest absolute Gasteiger partial charge is 0.308 e. The molecule has 33 heteroatoms. The third-order valence-corrected chi connectivity index (χ3v) is 15.5. The summed E-state index contributed by atoms with van der Waals surface area (Å²) in [5, 5.41) is 52.5. The number of nitrogens with zero attached hydrogens (tertiary/aromatic N) is 2. The Morgan fingerprint density at radius 3 is 1.69 bits per heavy atom. The van der Waals surface area contributed by atoms with Crippen LogP contribution in [-0.4, -0.2) is 212 Å². The summed E-state index contributed by atoms with van der Waals surface area (Å²) in [6.45, 7) is 8.76. The van der Waals surface area contributed by atoms with Crippen molar-refractivity contribution in [1.82, 2.24) is 63.0 Å². The number of allylic oxidation sites excluding steroid dienone is 1. The van der Waals surface area contributed by atoms with Crippen molar-refractivity contribution in [3.8, 4) is 0 Å². The fourth-order valence-corrected chi connectivity index (χ4v) is 10.4. The summed E-state index contributed by atoms with van der Waals surface area (Å²) in [6, 6.07) is -18.3. The molecule has 0 saturated carbocycles. The minimum atomic E-state index is -2.13. The van der Waals surface area contributed by atoms with E-state index < -0.39 is 205 Å². The molecule has 0 unspecified atom stereocenters. The molecule has 12 atom stereocenters. The van der Waals surface area contributed by atoms with Gasteiger partial charge in [0.1, 0.15) is 54.4 Å². The zero-order valence-electron chi connectivity index (χ0n) is 52.6. The number of carbonyl (C=O) groups is 16. The molecule has 3 heterocycles. The molecule has 0 aromatic rings. The topological polar surface area (TPSA) is 513 Å². The molecule has 508 valence electrons. The average molecular weight is 1290 g/mol. The van der Waals surface area contributed by atoms with Gasteiger partial charge >= 0.3 is 17.9 Å². The van der Waals surface area contributed by atoms with Crippen molar-refractivity contribution in [1.29, 1.82) is 0 Å². The number of nitrogens with one attached hydrogen (secondary N) is 10. The van der Waals surface area contributed by atoms with E-state index in [1.54, 1.807) is 26.0 Å². The number of hydrogen-bond acceptors (Lipinski definition) is 17. The zero-order chi connectivity index (χ0) is 68.4. The van der Waals surface area contributed by atoms with Crippen molar-refractivity contribution in [2.75, 3.05) is 26.2 Å². The van der Waals surface area contributed by atoms with Gasteiger partial charge in [0.2, 0.25) is 76.8 Å². The number of rotatable bonds is 22. The van der Waals surface area contributed by atoms with Crippen molar-refractivity contribution >= 4 is 94.7 Å². The van der Waals surface area contributed by atoms with Crippen LogP contribution in [0.25, 0.3) is 0 Å². The Labute approximate surface area is 526 Å². The van der Waals surface area contributed by atoms with Gasteiger partial charge in [0.15, 0.2) is 0 Å². The zero-order valence-corrected chi connectivity index (χ0v) is 52.6. The van der Waals surface area contributed by atoms with Crippen molar-refractivity contribution in [2.24, 2.45) is 29.2 Å². The van der Waals surface area contributed by atoms with E-state index in [9.17, 15) is 87.2 Å². The van der Waals surface area contributed by atoms with Crippen molar-refractivity contribution in [3.05, 3.63) is 12.2 Å². The first-order chi connectivity index (χ1) is 42.7. The summed E-state index contributed by atoms with van der Waals surface area (Å²) >= 11 is 0. The number of carbonyl (C=O) groups excluding carboxylic acids is 13. The van der Waals surface area contributed by atoms with Crippen LogP contribution in [0.4, 0.5) is 0 Å². The van der Waals surface area contributed by atoms with Gasteiger partial charge in [-0.15, -0.1) is 0 Å². The molecule has 0 aliphatic carbocycles. The Hall–Kier alpha value is -8.78. The number of amides is 13. The summed E-state index contributed by atoms with van der Waals surface area (Å²) in [5.41, 5.74) is 11.7. The standard InChI is InChI=1S/C58H92N14O19/c1-29(2)18-13-11-9-8-10-12-14-21-40(74)64-34(24-39(60)73)51(83)70-48-33(7)63-52(84)38-20-17-23-72(38)56(88)45(30(3)4)68-55(87)47(32(6)59)67-42(76)28-62-49(81)35(25-43(77)78)65-41(75)27-61-50(82)36(26-44(79)80)66-54(86)46(31(5)58(90)91)69-53(85)37-19-15-16-22-71(37)57(48)89/h12,14,29-38,45-48H,8-11,13,15-28,59H2,1-7H3,(H2,60,73)(H,61,82)(H,62,81)(H,63,84)(H,64,74)(H,65,75)(H,66,86)(H,67,76)(H,68,87)(H,69,85)(H,70,83)(H,77,78)(H,79,80)(H,90,91)/b14-12-/t31-,32+,33+,34-,35-,36-,37+,38-,45-,46+,47+,48-/m0/s1. The molecule has 13 amide bonds. The van der Waals surface area contributed by atoms with Gasteiger partial charge in [0.25, 0.3) is 0 Å². The van der Waals surface area contributed by atoms with Crippen LogP contribution >= 0.6 is 0 Å². The van der Waals surface area contributed by atoms with E-state index in [1.165, 1.54) is 18.7 Å². The number of primary amides is 1. The third-order valence-electron chi connectivity index (χ3n) is 15.5. The molecule has 3 aliphatic heterocycles. The lowest BCUT2D eigenvalue weighted by Gasteiger charge is -2.39. The van der Waals surface area contributed by atoms with Gasteiger partial charge < -0.3 is 89.8 Å². The Morgan fingerprint density at radius 2 is 1.13 bits per heavy atom. The van der Waals surface area contributed by atoms with Crippen LogP contribution in [0.15, 0.2) is 12.2 Å². The average Bonchev–Trinajstić information content (AvgIpc) is 1.87. The van der Waals surface area contributed by atoms with E-state index in [4.69, 9.17) is 11.5 Å². The first kappa shape index (κ1) is 76.5. The Kier molecular flexibility index (Phi) is 31.4. The molecule has 3 aliphatic rings. The van der Waals surface area contributed by atoms with E-state index in [1.807, 2.05) is 10.6 Å². The Morgan fingerprint density at radius 1 is 0.604 bits per heavy atom. The number of nitrogens with two attached hydrogens (primary N) is 2. The number of carboxylic acids is 3. The number of unbranched alkanes of at least 4 members (excludes halogenated alkanes) is 4. The second kappa shape index (κ2) is 37.4. The van der Waals surface area contributed by atoms with Crippen LogP contribution in [0.3, 0.4) is 0 Å². The molecule has 0 aromatic heterocycles. The highest BCUT2D eigenvalue weighted by Crippen LogP contribution is 2.24. The highest BCUT2D eigenvalue weighted by Gasteiger charge is 2.45. The van der Waals surface area contributed by atoms with Gasteiger partial charge in [0, 0.05) is 25.6 Å². The maximum atomic E-state index is 15.2. The van der Waals surface area contributed by atoms with Gasteiger partial charge in [-0.2, -0.15) is 0 Å². The lowest BCUT2D eigenvalue weighted by Crippen LogP contribution is -2.66. The van der Waals surface area contributed by atoms with Crippen LogP contribution in [-0.2, 0) is 76.7 Å². The van der Waals surface area contributed by atoms with Crippen LogP contribution in [0.1, 0.15) is 145 Å². The predicted molar refractivity (Wildman–Crippen MR) is 321 cm³/mol. The Bertz CT molecular complexity index is 2710. The number of carboxylic acid groups (broad SMARTS) is 3. The molecule has 17 N–H and O–H groups in total. The van der Waals surface area contributed by atoms with E-state index in [0.29, 0.717) is 12.3 Å². The van der Waals surface area contributed by atoms with Crippen LogP contribution in [0.2, 0.25) is 0 Å². The van der Waals surface area contributed by atoms with Crippen LogP contribution < -0.4 is 64.6 Å². The first-order valence-corrected chi connectivity index (χ1v) is 30.7. The van der Waals surface area contributed by atoms with Crippen LogP contribution in [0.5, 0.6) is 0 Å². The molecular weight excluding hydrogens is 1200 g/mol. The van der Waals surface area contributed by atoms with Gasteiger partial charge in [-0.05, 0) is 77.6 Å². The summed E-state index contributed by atoms with van der Waals surface area (Å²) in [4.78, 5) is 219. The van der Waals surface area contributed by atoms with Gasteiger partial charge in [0.05, 0.1) is 44.3 Å². The van der Waals surface area contributed by atoms with E-state index in [0.717, 1.165) is 43.9 Å². The number of fused-ring (bicyclic) bond motifs is 2. The second-order valence-corrected chi connectivity index (χ2v) is 23.9. The number of hydrogen-bond donors (Lipinski definition) is 15. The summed E-state index contributed by atoms with van der Waals surface area (Å²) < 4.78 is 0. The highest BCUT2D eigenvalue weighted by atomic mass is 16.4. The molecule has 0 spiro atoms. The summed E-state index contributed by atoms with van der Waals surface area (Å²) in [5.74, 6) is -21.1. The first-order valence-electron chi connectivity index (χ1n) is 30.7. The fraction of sp³-hybridized carbons (Fsp3) is 0.690. The normalized spacial score (nSPS) is 25.3. The number of aliphatic carboxylic acids is 3. The van der Waals surface area contributed by atoms with Crippen molar-refractivity contribution in [2.45, 2.75) is 211 Å². The maximum absolute atomic E-state index is 15.2. The molecule has 33 nitrogen and oxygen atoms in total. The highest BCUT2D eigenvalue weighted by molar-refractivity contribution is 6.01. The minimum absolute atomic E-state index is 0.0286. The molecule has 0 radical (unpaired) electrons. The molecule has 3 rings (SSSR count). The predicted octanol–water partition coefficient (Wildman–Crippen LogP) is -4.01. The van der Waals surface area contributed by atoms with Gasteiger partial charge in [-0.3, -0.25) is 76.7 Å². The van der Waals surface area contributed by atoms with Crippen molar-refractivity contribution < 1.29 is 92.0 Å². The molecule has 0 bridgehead atoms. The van der Waals surface area contributed by atoms with E-state index in [2.05, 4.69) is 56.4 Å². The van der Waals surface area contributed by atoms with Crippen LogP contribution in [0, 0.1) is 17.8 Å². The molecule has 3 fully saturated rings. The summed E-state index contributed by atoms with van der Waals surface area (Å²) in [6.07, 6.45) is 6.48. The minimum Gasteiger partial charge on any atom is -0.481 e. The summed E-state index contributed by atoms with van der Waals surface area (Å²) in [7, 11) is 0. The molecule has 0 aromatic carbocycles.